The molecule has 2 aliphatic rings. The third-order valence-electron chi connectivity index (χ3n) is 8.10. The molecular weight excluding hydrogens is 606 g/mol. The van der Waals surface area contributed by atoms with E-state index in [-0.39, 0.29) is 60.5 Å². The van der Waals surface area contributed by atoms with Crippen molar-refractivity contribution in [2.24, 2.45) is 0 Å². The van der Waals surface area contributed by atoms with Crippen LogP contribution in [0.5, 0.6) is 0 Å². The predicted molar refractivity (Wildman–Crippen MR) is 171 cm³/mol. The second kappa shape index (κ2) is 14.4. The molecule has 1 fully saturated rings. The number of fused-ring (bicyclic) bond motifs is 1. The van der Waals surface area contributed by atoms with Crippen molar-refractivity contribution in [1.82, 2.24) is 5.32 Å². The minimum atomic E-state index is -0.758. The molecule has 0 bridgehead atoms. The minimum absolute atomic E-state index is 0.0458. The molecule has 236 valence electrons. The summed E-state index contributed by atoms with van der Waals surface area (Å²) in [5.74, 6) is -0.720. The Morgan fingerprint density at radius 2 is 1.46 bits per heavy atom. The Hall–Kier alpha value is -4.32. The van der Waals surface area contributed by atoms with Gasteiger partial charge in [0.25, 0.3) is 5.91 Å². The number of carbonyl (C=O) groups excluding carboxylic acids is 3. The largest absolute Gasteiger partial charge is 0.396 e. The van der Waals surface area contributed by atoms with Gasteiger partial charge in [0.15, 0.2) is 6.29 Å². The first-order valence-electron chi connectivity index (χ1n) is 15.0. The summed E-state index contributed by atoms with van der Waals surface area (Å²) in [7, 11) is 0. The predicted octanol–water partition coefficient (Wildman–Crippen LogP) is 5.08. The van der Waals surface area contributed by atoms with Crippen molar-refractivity contribution in [2.75, 3.05) is 18.1 Å². The van der Waals surface area contributed by atoms with Gasteiger partial charge < -0.3 is 29.7 Å². The molecule has 1 saturated heterocycles. The smallest absolute Gasteiger partial charge is 0.346 e. The second-order valence-electron chi connectivity index (χ2n) is 11.1. The Balaban J connectivity index is 1.20. The Kier molecular flexibility index (Phi) is 9.91. The van der Waals surface area contributed by atoms with E-state index in [1.807, 2.05) is 66.7 Å². The maximum Gasteiger partial charge on any atom is 0.346 e. The first kappa shape index (κ1) is 31.7. The standard InChI is InChI=1S/C36H33NO8S/c38-16-17-46-21-30-31(24-4-2-1-3-5-24)32(25-10-8-23(20-39)9-11-25)44-36(43-30)26-12-6-22(7-13-26)19-37-33(40)27-14-15-28-29(18-27)35(42)45-34(28)41/h1-15,18,30-32,36,38-39H,16-17,19-21H2,(H,37,40)/t30-,31-,32+,36?/m1/s1. The van der Waals surface area contributed by atoms with Gasteiger partial charge in [0.2, 0.25) is 0 Å². The van der Waals surface area contributed by atoms with Gasteiger partial charge in [-0.2, -0.15) is 11.8 Å². The van der Waals surface area contributed by atoms with Crippen molar-refractivity contribution < 1.29 is 38.8 Å². The molecule has 2 heterocycles. The maximum atomic E-state index is 12.8. The molecule has 10 heteroatoms. The molecule has 0 saturated carbocycles. The van der Waals surface area contributed by atoms with Crippen LogP contribution in [0.25, 0.3) is 0 Å². The van der Waals surface area contributed by atoms with Crippen LogP contribution in [-0.2, 0) is 27.4 Å². The zero-order chi connectivity index (χ0) is 32.0. The minimum Gasteiger partial charge on any atom is -0.396 e. The van der Waals surface area contributed by atoms with Crippen LogP contribution in [0.15, 0.2) is 97.1 Å². The highest BCUT2D eigenvalue weighted by atomic mass is 32.2. The second-order valence-corrected chi connectivity index (χ2v) is 12.2. The summed E-state index contributed by atoms with van der Waals surface area (Å²) in [4.78, 5) is 36.4. The van der Waals surface area contributed by atoms with E-state index in [9.17, 15) is 24.6 Å². The molecule has 4 atom stereocenters. The number of hydrogen-bond donors (Lipinski definition) is 3. The van der Waals surface area contributed by atoms with Gasteiger partial charge >= 0.3 is 11.9 Å². The summed E-state index contributed by atoms with van der Waals surface area (Å²) in [6, 6.07) is 29.8. The van der Waals surface area contributed by atoms with Crippen molar-refractivity contribution >= 4 is 29.6 Å². The number of rotatable bonds is 11. The summed E-state index contributed by atoms with van der Waals surface area (Å²) < 4.78 is 18.0. The van der Waals surface area contributed by atoms with Gasteiger partial charge in [-0.15, -0.1) is 0 Å². The van der Waals surface area contributed by atoms with E-state index in [2.05, 4.69) is 22.2 Å². The van der Waals surface area contributed by atoms with E-state index >= 15 is 0 Å². The van der Waals surface area contributed by atoms with Crippen LogP contribution in [0.4, 0.5) is 0 Å². The SMILES string of the molecule is O=C(NCc1ccc(C2O[C@H](CSCCO)[C@@H](c3ccccc3)[C@H](c3ccc(CO)cc3)O2)cc1)c1ccc2c(c1)C(=O)OC2=O. The summed E-state index contributed by atoms with van der Waals surface area (Å²) in [6.45, 7) is 0.272. The van der Waals surface area contributed by atoms with Gasteiger partial charge in [0, 0.05) is 35.1 Å². The summed E-state index contributed by atoms with van der Waals surface area (Å²) in [6.07, 6.45) is -1.23. The fraction of sp³-hybridized carbons (Fsp3) is 0.250. The van der Waals surface area contributed by atoms with Crippen molar-refractivity contribution in [1.29, 1.82) is 0 Å². The highest BCUT2D eigenvalue weighted by Gasteiger charge is 2.41. The number of nitrogens with one attached hydrogen (secondary N) is 1. The van der Waals surface area contributed by atoms with Crippen molar-refractivity contribution in [3.8, 4) is 0 Å². The molecule has 0 aliphatic carbocycles. The number of thioether (sulfide) groups is 1. The Morgan fingerprint density at radius 3 is 2.17 bits per heavy atom. The molecule has 1 amide bonds. The number of esters is 2. The molecule has 4 aromatic carbocycles. The molecule has 1 unspecified atom stereocenters. The topological polar surface area (TPSA) is 131 Å². The van der Waals surface area contributed by atoms with Gasteiger partial charge in [-0.25, -0.2) is 9.59 Å². The molecule has 0 spiro atoms. The lowest BCUT2D eigenvalue weighted by Gasteiger charge is -2.43. The third kappa shape index (κ3) is 6.91. The highest BCUT2D eigenvalue weighted by Crippen LogP contribution is 2.47. The quantitative estimate of drug-likeness (QED) is 0.117. The van der Waals surface area contributed by atoms with Crippen molar-refractivity contribution in [3.63, 3.8) is 0 Å². The first-order valence-corrected chi connectivity index (χ1v) is 16.1. The van der Waals surface area contributed by atoms with Crippen LogP contribution < -0.4 is 5.32 Å². The lowest BCUT2D eigenvalue weighted by atomic mass is 9.84. The number of amides is 1. The Morgan fingerprint density at radius 1 is 0.761 bits per heavy atom. The summed E-state index contributed by atoms with van der Waals surface area (Å²) in [5.41, 5.74) is 5.02. The van der Waals surface area contributed by atoms with E-state index < -0.39 is 18.2 Å². The number of carbonyl (C=O) groups is 3. The fourth-order valence-corrected chi connectivity index (χ4v) is 6.53. The van der Waals surface area contributed by atoms with E-state index in [0.717, 1.165) is 27.8 Å². The van der Waals surface area contributed by atoms with Crippen molar-refractivity contribution in [2.45, 2.75) is 37.6 Å². The average molecular weight is 640 g/mol. The molecule has 4 aromatic rings. The lowest BCUT2D eigenvalue weighted by molar-refractivity contribution is -0.255. The summed E-state index contributed by atoms with van der Waals surface area (Å²) >= 11 is 1.63. The number of aliphatic hydroxyl groups excluding tert-OH is 2. The number of ether oxygens (including phenoxy) is 3. The first-order chi connectivity index (χ1) is 22.4. The maximum absolute atomic E-state index is 12.8. The van der Waals surface area contributed by atoms with Gasteiger partial charge in [0.05, 0.1) is 36.5 Å². The van der Waals surface area contributed by atoms with Gasteiger partial charge in [-0.05, 0) is 40.5 Å². The zero-order valence-electron chi connectivity index (χ0n) is 24.8. The number of benzene rings is 4. The Bertz CT molecular complexity index is 1690. The molecule has 3 N–H and O–H groups in total. The molecule has 0 aromatic heterocycles. The third-order valence-corrected chi connectivity index (χ3v) is 9.14. The van der Waals surface area contributed by atoms with Crippen LogP contribution in [0.3, 0.4) is 0 Å². The lowest BCUT2D eigenvalue weighted by Crippen LogP contribution is -2.38. The average Bonchev–Trinajstić information content (AvgIpc) is 3.39. The monoisotopic (exact) mass is 639 g/mol. The summed E-state index contributed by atoms with van der Waals surface area (Å²) in [5, 5.41) is 21.9. The van der Waals surface area contributed by atoms with E-state index in [1.54, 1.807) is 11.8 Å². The highest BCUT2D eigenvalue weighted by molar-refractivity contribution is 7.99. The molecule has 9 nitrogen and oxygen atoms in total. The molecular formula is C36H33NO8S. The van der Waals surface area contributed by atoms with E-state index in [4.69, 9.17) is 9.47 Å². The number of cyclic esters (lactones) is 2. The fourth-order valence-electron chi connectivity index (χ4n) is 5.72. The molecule has 6 rings (SSSR count). The van der Waals surface area contributed by atoms with Crippen LogP contribution >= 0.6 is 11.8 Å². The molecule has 2 aliphatic heterocycles. The zero-order valence-corrected chi connectivity index (χ0v) is 25.7. The number of aliphatic hydroxyl groups is 2. The van der Waals surface area contributed by atoms with Crippen molar-refractivity contribution in [3.05, 3.63) is 142 Å². The van der Waals surface area contributed by atoms with Crippen LogP contribution in [0.1, 0.15) is 77.2 Å². The van der Waals surface area contributed by atoms with Crippen LogP contribution in [-0.4, -0.2) is 52.3 Å². The van der Waals surface area contributed by atoms with Gasteiger partial charge in [-0.1, -0.05) is 78.9 Å². The van der Waals surface area contributed by atoms with E-state index in [0.29, 0.717) is 11.5 Å². The van der Waals surface area contributed by atoms with Gasteiger partial charge in [0.1, 0.15) is 0 Å². The normalized spacial score (nSPS) is 20.7. The Labute approximate surface area is 270 Å². The van der Waals surface area contributed by atoms with E-state index in [1.165, 1.54) is 18.2 Å². The van der Waals surface area contributed by atoms with Crippen LogP contribution in [0, 0.1) is 0 Å². The number of hydrogen-bond acceptors (Lipinski definition) is 9. The molecule has 0 radical (unpaired) electrons. The van der Waals surface area contributed by atoms with Crippen LogP contribution in [0.2, 0.25) is 0 Å². The molecule has 46 heavy (non-hydrogen) atoms. The van der Waals surface area contributed by atoms with Gasteiger partial charge in [-0.3, -0.25) is 4.79 Å².